The first-order valence-corrected chi connectivity index (χ1v) is 5.83. The van der Waals surface area contributed by atoms with Crippen LogP contribution in [0.15, 0.2) is 24.3 Å². The maximum atomic E-state index is 11.9. The minimum absolute atomic E-state index is 0.215. The normalized spacial score (nSPS) is 13.4. The van der Waals surface area contributed by atoms with Crippen LogP contribution in [0.4, 0.5) is 13.2 Å². The van der Waals surface area contributed by atoms with Crippen molar-refractivity contribution < 1.29 is 22.6 Å². The van der Waals surface area contributed by atoms with Gasteiger partial charge in [-0.25, -0.2) is 0 Å². The van der Waals surface area contributed by atoms with Crippen LogP contribution < -0.4 is 4.74 Å². The zero-order valence-corrected chi connectivity index (χ0v) is 10.5. The highest BCUT2D eigenvalue weighted by atomic mass is 19.4. The fourth-order valence-electron chi connectivity index (χ4n) is 1.28. The average Bonchev–Trinajstić information content (AvgIpc) is 2.29. The van der Waals surface area contributed by atoms with Crippen molar-refractivity contribution in [2.45, 2.75) is 33.2 Å². The Hall–Kier alpha value is -1.23. The molecule has 0 saturated carbocycles. The van der Waals surface area contributed by atoms with Crippen LogP contribution in [-0.2, 0) is 11.3 Å². The molecule has 0 heterocycles. The SMILES string of the molecule is CCC(C)COCc1ccc(OC(F)(F)F)cc1. The van der Waals surface area contributed by atoms with E-state index in [9.17, 15) is 13.2 Å². The number of alkyl halides is 3. The molecule has 2 nitrogen and oxygen atoms in total. The molecule has 0 spiro atoms. The summed E-state index contributed by atoms with van der Waals surface area (Å²) >= 11 is 0. The van der Waals surface area contributed by atoms with Crippen molar-refractivity contribution in [1.29, 1.82) is 0 Å². The van der Waals surface area contributed by atoms with Crippen LogP contribution in [0, 0.1) is 5.92 Å². The highest BCUT2D eigenvalue weighted by molar-refractivity contribution is 5.26. The van der Waals surface area contributed by atoms with E-state index in [-0.39, 0.29) is 5.75 Å². The van der Waals surface area contributed by atoms with Crippen molar-refractivity contribution in [3.05, 3.63) is 29.8 Å². The molecule has 1 atom stereocenters. The Balaban J connectivity index is 2.41. The number of hydrogen-bond donors (Lipinski definition) is 0. The van der Waals surface area contributed by atoms with E-state index in [1.807, 2.05) is 0 Å². The first-order chi connectivity index (χ1) is 8.40. The van der Waals surface area contributed by atoms with Crippen molar-refractivity contribution in [3.8, 4) is 5.75 Å². The summed E-state index contributed by atoms with van der Waals surface area (Å²) in [7, 11) is 0. The summed E-state index contributed by atoms with van der Waals surface area (Å²) in [6.45, 7) is 5.21. The van der Waals surface area contributed by atoms with Gasteiger partial charge in [-0.15, -0.1) is 13.2 Å². The van der Waals surface area contributed by atoms with Crippen molar-refractivity contribution in [1.82, 2.24) is 0 Å². The van der Waals surface area contributed by atoms with Crippen molar-refractivity contribution >= 4 is 0 Å². The molecular formula is C13H17F3O2. The summed E-state index contributed by atoms with van der Waals surface area (Å²) in [6, 6.07) is 5.71. The maximum absolute atomic E-state index is 11.9. The first kappa shape index (κ1) is 14.8. The quantitative estimate of drug-likeness (QED) is 0.766. The Morgan fingerprint density at radius 1 is 1.17 bits per heavy atom. The summed E-state index contributed by atoms with van der Waals surface area (Å²) in [5.41, 5.74) is 0.827. The summed E-state index contributed by atoms with van der Waals surface area (Å²) in [4.78, 5) is 0. The predicted octanol–water partition coefficient (Wildman–Crippen LogP) is 4.15. The van der Waals surface area contributed by atoms with Crippen molar-refractivity contribution in [2.75, 3.05) is 6.61 Å². The van der Waals surface area contributed by atoms with Crippen LogP contribution >= 0.6 is 0 Å². The molecule has 1 aromatic carbocycles. The molecule has 18 heavy (non-hydrogen) atoms. The van der Waals surface area contributed by atoms with Gasteiger partial charge in [0.05, 0.1) is 6.61 Å². The molecule has 0 N–H and O–H groups in total. The van der Waals surface area contributed by atoms with Crippen LogP contribution in [-0.4, -0.2) is 13.0 Å². The molecule has 5 heteroatoms. The molecule has 0 saturated heterocycles. The molecule has 1 aromatic rings. The highest BCUT2D eigenvalue weighted by Crippen LogP contribution is 2.22. The Bertz CT molecular complexity index is 346. The Morgan fingerprint density at radius 2 is 1.78 bits per heavy atom. The average molecular weight is 262 g/mol. The van der Waals surface area contributed by atoms with Crippen LogP contribution in [0.5, 0.6) is 5.75 Å². The third-order valence-corrected chi connectivity index (χ3v) is 2.52. The maximum Gasteiger partial charge on any atom is 0.573 e. The van der Waals surface area contributed by atoms with Gasteiger partial charge in [0, 0.05) is 6.61 Å². The smallest absolute Gasteiger partial charge is 0.406 e. The molecular weight excluding hydrogens is 245 g/mol. The van der Waals surface area contributed by atoms with Gasteiger partial charge in [-0.2, -0.15) is 0 Å². The molecule has 102 valence electrons. The second kappa shape index (κ2) is 6.64. The van der Waals surface area contributed by atoms with Gasteiger partial charge in [0.2, 0.25) is 0 Å². The second-order valence-electron chi connectivity index (χ2n) is 4.22. The fraction of sp³-hybridized carbons (Fsp3) is 0.538. The van der Waals surface area contributed by atoms with E-state index in [2.05, 4.69) is 18.6 Å². The lowest BCUT2D eigenvalue weighted by molar-refractivity contribution is -0.274. The molecule has 0 radical (unpaired) electrons. The van der Waals surface area contributed by atoms with Crippen LogP contribution in [0.25, 0.3) is 0 Å². The van der Waals surface area contributed by atoms with Gasteiger partial charge in [-0.05, 0) is 23.6 Å². The third kappa shape index (κ3) is 5.91. The number of benzene rings is 1. The van der Waals surface area contributed by atoms with Gasteiger partial charge in [0.15, 0.2) is 0 Å². The van der Waals surface area contributed by atoms with E-state index < -0.39 is 6.36 Å². The van der Waals surface area contributed by atoms with Crippen LogP contribution in [0.1, 0.15) is 25.8 Å². The van der Waals surface area contributed by atoms with Crippen LogP contribution in [0.2, 0.25) is 0 Å². The van der Waals surface area contributed by atoms with Crippen molar-refractivity contribution in [2.24, 2.45) is 5.92 Å². The number of ether oxygens (including phenoxy) is 2. The lowest BCUT2D eigenvalue weighted by Gasteiger charge is -2.11. The Kier molecular flexibility index (Phi) is 5.47. The standard InChI is InChI=1S/C13H17F3O2/c1-3-10(2)8-17-9-11-4-6-12(7-5-11)18-13(14,15)16/h4-7,10H,3,8-9H2,1-2H3. The van der Waals surface area contributed by atoms with Gasteiger partial charge in [-0.3, -0.25) is 0 Å². The van der Waals surface area contributed by atoms with Crippen LogP contribution in [0.3, 0.4) is 0 Å². The van der Waals surface area contributed by atoms with E-state index in [4.69, 9.17) is 4.74 Å². The van der Waals surface area contributed by atoms with Gasteiger partial charge in [0.25, 0.3) is 0 Å². The summed E-state index contributed by atoms with van der Waals surface area (Å²) in [6.07, 6.45) is -3.60. The summed E-state index contributed by atoms with van der Waals surface area (Å²) in [5.74, 6) is 0.269. The van der Waals surface area contributed by atoms with Gasteiger partial charge in [-0.1, -0.05) is 32.4 Å². The molecule has 0 aliphatic carbocycles. The number of halogens is 3. The van der Waals surface area contributed by atoms with Gasteiger partial charge >= 0.3 is 6.36 Å². The minimum atomic E-state index is -4.64. The van der Waals surface area contributed by atoms with E-state index in [0.717, 1.165) is 12.0 Å². The minimum Gasteiger partial charge on any atom is -0.406 e. The molecule has 0 amide bonds. The fourth-order valence-corrected chi connectivity index (χ4v) is 1.28. The van der Waals surface area contributed by atoms with E-state index in [0.29, 0.717) is 19.1 Å². The topological polar surface area (TPSA) is 18.5 Å². The van der Waals surface area contributed by atoms with E-state index in [1.165, 1.54) is 12.1 Å². The number of rotatable bonds is 6. The van der Waals surface area contributed by atoms with Gasteiger partial charge in [0.1, 0.15) is 5.75 Å². The molecule has 0 aliphatic rings. The molecule has 0 fully saturated rings. The molecule has 0 bridgehead atoms. The Morgan fingerprint density at radius 3 is 2.28 bits per heavy atom. The monoisotopic (exact) mass is 262 g/mol. The predicted molar refractivity (Wildman–Crippen MR) is 62.2 cm³/mol. The molecule has 1 unspecified atom stereocenters. The van der Waals surface area contributed by atoms with Gasteiger partial charge < -0.3 is 9.47 Å². The van der Waals surface area contributed by atoms with E-state index >= 15 is 0 Å². The first-order valence-electron chi connectivity index (χ1n) is 5.83. The lowest BCUT2D eigenvalue weighted by Crippen LogP contribution is -2.17. The lowest BCUT2D eigenvalue weighted by atomic mass is 10.1. The zero-order chi connectivity index (χ0) is 13.6. The molecule has 0 aromatic heterocycles. The number of hydrogen-bond acceptors (Lipinski definition) is 2. The second-order valence-corrected chi connectivity index (χ2v) is 4.22. The summed E-state index contributed by atoms with van der Waals surface area (Å²) < 4.78 is 45.0. The summed E-state index contributed by atoms with van der Waals surface area (Å²) in [5, 5.41) is 0. The molecule has 0 aliphatic heterocycles. The Labute approximate surface area is 105 Å². The zero-order valence-electron chi connectivity index (χ0n) is 10.5. The van der Waals surface area contributed by atoms with Crippen molar-refractivity contribution in [3.63, 3.8) is 0 Å². The van der Waals surface area contributed by atoms with E-state index in [1.54, 1.807) is 12.1 Å². The molecule has 1 rings (SSSR count). The largest absolute Gasteiger partial charge is 0.573 e. The highest BCUT2D eigenvalue weighted by Gasteiger charge is 2.30. The third-order valence-electron chi connectivity index (χ3n) is 2.52.